The Morgan fingerprint density at radius 2 is 1.70 bits per heavy atom. The number of nitriles is 1. The molecule has 3 amide bonds. The van der Waals surface area contributed by atoms with Crippen molar-refractivity contribution in [1.29, 1.82) is 5.26 Å². The summed E-state index contributed by atoms with van der Waals surface area (Å²) in [6, 6.07) is 8.71. The first-order valence-corrected chi connectivity index (χ1v) is 8.94. The third-order valence-corrected chi connectivity index (χ3v) is 4.40. The highest BCUT2D eigenvalue weighted by atomic mass is 16.6. The molecule has 1 aromatic carbocycles. The molecular weight excluding hydrogens is 348 g/mol. The largest absolute Gasteiger partial charge is 0.450 e. The fraction of sp³-hybridized carbons (Fsp3) is 0.474. The van der Waals surface area contributed by atoms with E-state index in [9.17, 15) is 14.4 Å². The summed E-state index contributed by atoms with van der Waals surface area (Å²) in [5, 5.41) is 8.87. The average Bonchev–Trinajstić information content (AvgIpc) is 2.68. The van der Waals surface area contributed by atoms with Crippen molar-refractivity contribution in [1.82, 2.24) is 9.80 Å². The molecule has 1 aromatic rings. The van der Waals surface area contributed by atoms with E-state index in [0.29, 0.717) is 44.0 Å². The Bertz CT molecular complexity index is 718. The summed E-state index contributed by atoms with van der Waals surface area (Å²) in [5.41, 5.74) is 1.17. The van der Waals surface area contributed by atoms with Crippen LogP contribution in [0.5, 0.6) is 0 Å². The summed E-state index contributed by atoms with van der Waals surface area (Å²) in [4.78, 5) is 40.9. The van der Waals surface area contributed by atoms with Gasteiger partial charge in [-0.1, -0.05) is 0 Å². The Labute approximate surface area is 158 Å². The third-order valence-electron chi connectivity index (χ3n) is 4.40. The van der Waals surface area contributed by atoms with E-state index >= 15 is 0 Å². The van der Waals surface area contributed by atoms with E-state index in [1.165, 1.54) is 11.8 Å². The fourth-order valence-electron chi connectivity index (χ4n) is 2.90. The van der Waals surface area contributed by atoms with Crippen LogP contribution in [0.15, 0.2) is 24.3 Å². The van der Waals surface area contributed by atoms with Crippen molar-refractivity contribution in [3.8, 4) is 6.07 Å². The molecule has 0 aromatic heterocycles. The maximum atomic E-state index is 12.5. The van der Waals surface area contributed by atoms with E-state index in [4.69, 9.17) is 10.00 Å². The van der Waals surface area contributed by atoms with Gasteiger partial charge in [0.05, 0.1) is 18.2 Å². The molecule has 0 saturated carbocycles. The average molecular weight is 372 g/mol. The van der Waals surface area contributed by atoms with Crippen molar-refractivity contribution in [3.05, 3.63) is 29.8 Å². The Morgan fingerprint density at radius 3 is 2.22 bits per heavy atom. The van der Waals surface area contributed by atoms with Gasteiger partial charge in [0.1, 0.15) is 0 Å². The highest BCUT2D eigenvalue weighted by Crippen LogP contribution is 2.16. The lowest BCUT2D eigenvalue weighted by atomic mass is 10.2. The Morgan fingerprint density at radius 1 is 1.11 bits per heavy atom. The van der Waals surface area contributed by atoms with Crippen LogP contribution in [0.25, 0.3) is 0 Å². The zero-order valence-corrected chi connectivity index (χ0v) is 15.7. The molecular formula is C19H24N4O4. The van der Waals surface area contributed by atoms with Crippen molar-refractivity contribution >= 4 is 23.6 Å². The van der Waals surface area contributed by atoms with Gasteiger partial charge in [-0.25, -0.2) is 4.79 Å². The smallest absolute Gasteiger partial charge is 0.409 e. The molecule has 0 radical (unpaired) electrons. The van der Waals surface area contributed by atoms with Gasteiger partial charge >= 0.3 is 6.09 Å². The quantitative estimate of drug-likeness (QED) is 0.783. The van der Waals surface area contributed by atoms with Crippen molar-refractivity contribution in [3.63, 3.8) is 0 Å². The summed E-state index contributed by atoms with van der Waals surface area (Å²) < 4.78 is 4.97. The van der Waals surface area contributed by atoms with E-state index in [2.05, 4.69) is 0 Å². The van der Waals surface area contributed by atoms with E-state index in [1.54, 1.807) is 41.0 Å². The van der Waals surface area contributed by atoms with Gasteiger partial charge in [-0.15, -0.1) is 0 Å². The second kappa shape index (κ2) is 9.57. The van der Waals surface area contributed by atoms with Crippen LogP contribution in [0.2, 0.25) is 0 Å². The van der Waals surface area contributed by atoms with Gasteiger partial charge in [-0.2, -0.15) is 5.26 Å². The molecule has 0 bridgehead atoms. The number of carbonyl (C=O) groups excluding carboxylic acids is 3. The topological polar surface area (TPSA) is 93.9 Å². The summed E-state index contributed by atoms with van der Waals surface area (Å²) in [6.45, 7) is 5.58. The van der Waals surface area contributed by atoms with Crippen LogP contribution in [0.3, 0.4) is 0 Å². The second-order valence-corrected chi connectivity index (χ2v) is 6.15. The van der Waals surface area contributed by atoms with Crippen LogP contribution in [0.1, 0.15) is 25.8 Å². The molecule has 1 aliphatic heterocycles. The van der Waals surface area contributed by atoms with Crippen molar-refractivity contribution < 1.29 is 19.1 Å². The monoisotopic (exact) mass is 372 g/mol. The minimum atomic E-state index is -0.354. The van der Waals surface area contributed by atoms with E-state index in [1.807, 2.05) is 6.07 Å². The molecule has 1 saturated heterocycles. The Balaban J connectivity index is 1.88. The summed E-state index contributed by atoms with van der Waals surface area (Å²) in [6.07, 6.45) is -0.160. The number of hydrogen-bond donors (Lipinski definition) is 0. The first kappa shape index (κ1) is 20.2. The van der Waals surface area contributed by atoms with Crippen molar-refractivity contribution in [2.45, 2.75) is 20.3 Å². The number of benzene rings is 1. The summed E-state index contributed by atoms with van der Waals surface area (Å²) >= 11 is 0. The predicted molar refractivity (Wildman–Crippen MR) is 99.0 cm³/mol. The van der Waals surface area contributed by atoms with Gasteiger partial charge in [0.2, 0.25) is 11.8 Å². The predicted octanol–water partition coefficient (Wildman–Crippen LogP) is 1.60. The summed E-state index contributed by atoms with van der Waals surface area (Å²) in [7, 11) is 0. The molecule has 0 N–H and O–H groups in total. The molecule has 2 rings (SSSR count). The zero-order valence-electron chi connectivity index (χ0n) is 15.7. The number of anilines is 1. The zero-order chi connectivity index (χ0) is 19.8. The molecule has 1 heterocycles. The van der Waals surface area contributed by atoms with E-state index < -0.39 is 0 Å². The molecule has 0 unspecified atom stereocenters. The maximum Gasteiger partial charge on any atom is 0.409 e. The van der Waals surface area contributed by atoms with Gasteiger partial charge in [0.15, 0.2) is 0 Å². The number of ether oxygens (including phenoxy) is 1. The molecule has 8 heteroatoms. The molecule has 8 nitrogen and oxygen atoms in total. The number of hydrogen-bond acceptors (Lipinski definition) is 5. The Kier molecular flexibility index (Phi) is 7.17. The van der Waals surface area contributed by atoms with Crippen LogP contribution < -0.4 is 4.90 Å². The number of amides is 3. The van der Waals surface area contributed by atoms with Gasteiger partial charge in [-0.3, -0.25) is 9.59 Å². The number of carbonyl (C=O) groups is 3. The Hall–Kier alpha value is -3.08. The highest BCUT2D eigenvalue weighted by Gasteiger charge is 2.25. The first-order valence-electron chi connectivity index (χ1n) is 8.94. The summed E-state index contributed by atoms with van der Waals surface area (Å²) in [5.74, 6) is -0.224. The van der Waals surface area contributed by atoms with Crippen molar-refractivity contribution in [2.75, 3.05) is 44.2 Å². The van der Waals surface area contributed by atoms with E-state index in [0.717, 1.165) is 0 Å². The van der Waals surface area contributed by atoms with Gasteiger partial charge in [0.25, 0.3) is 0 Å². The van der Waals surface area contributed by atoms with Crippen molar-refractivity contribution in [2.24, 2.45) is 0 Å². The van der Waals surface area contributed by atoms with Crippen LogP contribution in [0, 0.1) is 11.3 Å². The number of nitrogens with zero attached hydrogens (tertiary/aromatic N) is 4. The van der Waals surface area contributed by atoms with E-state index in [-0.39, 0.29) is 30.9 Å². The van der Waals surface area contributed by atoms with Crippen LogP contribution in [-0.2, 0) is 14.3 Å². The lowest BCUT2D eigenvalue weighted by molar-refractivity contribution is -0.132. The van der Waals surface area contributed by atoms with Gasteiger partial charge in [0, 0.05) is 51.8 Å². The molecule has 0 atom stereocenters. The second-order valence-electron chi connectivity index (χ2n) is 6.15. The molecule has 0 aliphatic carbocycles. The van der Waals surface area contributed by atoms with Crippen LogP contribution >= 0.6 is 0 Å². The third kappa shape index (κ3) is 5.45. The molecule has 1 fully saturated rings. The van der Waals surface area contributed by atoms with Gasteiger partial charge < -0.3 is 19.4 Å². The first-order chi connectivity index (χ1) is 13.0. The molecule has 0 spiro atoms. The van der Waals surface area contributed by atoms with Gasteiger partial charge in [-0.05, 0) is 31.2 Å². The maximum absolute atomic E-state index is 12.5. The normalized spacial score (nSPS) is 13.7. The fourth-order valence-corrected chi connectivity index (χ4v) is 2.90. The molecule has 144 valence electrons. The highest BCUT2D eigenvalue weighted by molar-refractivity contribution is 5.92. The standard InChI is InChI=1S/C19H24N4O4/c1-3-27-19(26)22-12-10-21(11-13-22)18(25)8-9-23(15(2)24)17-6-4-16(14-20)5-7-17/h4-7H,3,8-13H2,1-2H3. The minimum absolute atomic E-state index is 0.0570. The van der Waals surface area contributed by atoms with Crippen LogP contribution in [0.4, 0.5) is 10.5 Å². The van der Waals surface area contributed by atoms with Crippen LogP contribution in [-0.4, -0.2) is 67.0 Å². The lowest BCUT2D eigenvalue weighted by Gasteiger charge is -2.34. The molecule has 27 heavy (non-hydrogen) atoms. The SMILES string of the molecule is CCOC(=O)N1CCN(C(=O)CCN(C(C)=O)c2ccc(C#N)cc2)CC1. The molecule has 1 aliphatic rings. The number of piperazine rings is 1. The minimum Gasteiger partial charge on any atom is -0.450 e. The lowest BCUT2D eigenvalue weighted by Crippen LogP contribution is -2.51. The number of rotatable bonds is 5.